The summed E-state index contributed by atoms with van der Waals surface area (Å²) >= 11 is 6.37. The maximum atomic E-state index is 14.8. The first-order valence-corrected chi connectivity index (χ1v) is 11.1. The van der Waals surface area contributed by atoms with Crippen LogP contribution in [-0.4, -0.2) is 54.7 Å². The summed E-state index contributed by atoms with van der Waals surface area (Å²) in [6.07, 6.45) is 0.237. The van der Waals surface area contributed by atoms with E-state index in [1.807, 2.05) is 19.1 Å². The lowest BCUT2D eigenvalue weighted by molar-refractivity contribution is -0.140. The number of amides is 1. The highest BCUT2D eigenvalue weighted by atomic mass is 35.5. The second-order valence-corrected chi connectivity index (χ2v) is 8.90. The maximum Gasteiger partial charge on any atom is 0.339 e. The highest BCUT2D eigenvalue weighted by Gasteiger charge is 2.43. The molecule has 1 amide bonds. The first-order chi connectivity index (χ1) is 15.3. The summed E-state index contributed by atoms with van der Waals surface area (Å²) in [5.74, 6) is -1.39. The molecule has 2 aromatic rings. The standard InChI is InChI=1S/C24H26ClFN2O4/c1-15-14-28(10-11-31-15)20(21-18(25)8-5-9-19(21)26)13-27-23(30)24(2)12-16-6-3-4-7-17(16)22(29)32-24/h3-9,15,20H,10-14H2,1-2H3,(H,27,30). The zero-order valence-electron chi connectivity index (χ0n) is 18.1. The second-order valence-electron chi connectivity index (χ2n) is 8.49. The van der Waals surface area contributed by atoms with Crippen molar-refractivity contribution >= 4 is 23.5 Å². The van der Waals surface area contributed by atoms with Crippen LogP contribution < -0.4 is 5.32 Å². The molecule has 0 spiro atoms. The van der Waals surface area contributed by atoms with Gasteiger partial charge in [0.25, 0.3) is 5.91 Å². The van der Waals surface area contributed by atoms with Gasteiger partial charge in [0.15, 0.2) is 5.60 Å². The summed E-state index contributed by atoms with van der Waals surface area (Å²) in [6, 6.07) is 11.2. The number of nitrogens with zero attached hydrogens (tertiary/aromatic N) is 1. The number of ether oxygens (including phenoxy) is 2. The van der Waals surface area contributed by atoms with E-state index in [2.05, 4.69) is 10.2 Å². The third-order valence-electron chi connectivity index (χ3n) is 6.07. The zero-order valence-corrected chi connectivity index (χ0v) is 18.8. The molecule has 2 aliphatic rings. The van der Waals surface area contributed by atoms with Gasteiger partial charge >= 0.3 is 5.97 Å². The van der Waals surface area contributed by atoms with Crippen molar-refractivity contribution < 1.29 is 23.5 Å². The van der Waals surface area contributed by atoms with Gasteiger partial charge in [0.2, 0.25) is 0 Å². The van der Waals surface area contributed by atoms with Crippen molar-refractivity contribution in [1.29, 1.82) is 0 Å². The Morgan fingerprint density at radius 2 is 2.09 bits per heavy atom. The van der Waals surface area contributed by atoms with E-state index >= 15 is 0 Å². The number of halogens is 2. The summed E-state index contributed by atoms with van der Waals surface area (Å²) in [5, 5.41) is 3.18. The Morgan fingerprint density at radius 3 is 2.84 bits per heavy atom. The Hall–Kier alpha value is -2.48. The molecule has 2 heterocycles. The topological polar surface area (TPSA) is 67.9 Å². The molecule has 2 aromatic carbocycles. The Labute approximate surface area is 191 Å². The van der Waals surface area contributed by atoms with Crippen LogP contribution in [0.3, 0.4) is 0 Å². The third-order valence-corrected chi connectivity index (χ3v) is 6.40. The van der Waals surface area contributed by atoms with Crippen LogP contribution >= 0.6 is 11.6 Å². The molecule has 0 aliphatic carbocycles. The van der Waals surface area contributed by atoms with Gasteiger partial charge in [-0.2, -0.15) is 0 Å². The van der Waals surface area contributed by atoms with Crippen molar-refractivity contribution in [2.24, 2.45) is 0 Å². The molecule has 32 heavy (non-hydrogen) atoms. The van der Waals surface area contributed by atoms with Crippen molar-refractivity contribution in [1.82, 2.24) is 10.2 Å². The fraction of sp³-hybridized carbons (Fsp3) is 0.417. The van der Waals surface area contributed by atoms with Gasteiger partial charge < -0.3 is 14.8 Å². The van der Waals surface area contributed by atoms with E-state index in [-0.39, 0.29) is 19.1 Å². The SMILES string of the molecule is CC1CN(C(CNC(=O)C2(C)Cc3ccccc3C(=O)O2)c2c(F)cccc2Cl)CCO1. The molecule has 0 bridgehead atoms. The van der Waals surface area contributed by atoms with E-state index in [1.54, 1.807) is 31.2 Å². The largest absolute Gasteiger partial charge is 0.445 e. The molecule has 8 heteroatoms. The average Bonchev–Trinajstić information content (AvgIpc) is 2.75. The van der Waals surface area contributed by atoms with Crippen molar-refractivity contribution in [3.63, 3.8) is 0 Å². The summed E-state index contributed by atoms with van der Waals surface area (Å²) < 4.78 is 25.9. The second kappa shape index (κ2) is 9.17. The van der Waals surface area contributed by atoms with Crippen LogP contribution in [0.15, 0.2) is 42.5 Å². The first-order valence-electron chi connectivity index (χ1n) is 10.7. The predicted molar refractivity (Wildman–Crippen MR) is 118 cm³/mol. The smallest absolute Gasteiger partial charge is 0.339 e. The Morgan fingerprint density at radius 1 is 1.31 bits per heavy atom. The van der Waals surface area contributed by atoms with E-state index in [0.717, 1.165) is 5.56 Å². The van der Waals surface area contributed by atoms with Crippen LogP contribution in [0.1, 0.15) is 41.4 Å². The van der Waals surface area contributed by atoms with E-state index in [9.17, 15) is 14.0 Å². The van der Waals surface area contributed by atoms with Gasteiger partial charge in [-0.25, -0.2) is 9.18 Å². The molecule has 2 aliphatic heterocycles. The number of benzene rings is 2. The van der Waals surface area contributed by atoms with Crippen LogP contribution in [0.4, 0.5) is 4.39 Å². The monoisotopic (exact) mass is 460 g/mol. The summed E-state index contributed by atoms with van der Waals surface area (Å²) in [6.45, 7) is 5.31. The quantitative estimate of drug-likeness (QED) is 0.691. The minimum atomic E-state index is -1.35. The molecular weight excluding hydrogens is 435 g/mol. The van der Waals surface area contributed by atoms with Gasteiger partial charge in [0, 0.05) is 36.6 Å². The maximum absolute atomic E-state index is 14.8. The number of rotatable bonds is 5. The summed E-state index contributed by atoms with van der Waals surface area (Å²) in [4.78, 5) is 27.7. The molecule has 1 N–H and O–H groups in total. The molecule has 6 nitrogen and oxygen atoms in total. The number of morpholine rings is 1. The zero-order chi connectivity index (χ0) is 22.9. The van der Waals surface area contributed by atoms with Crippen LogP contribution in [0.5, 0.6) is 0 Å². The average molecular weight is 461 g/mol. The predicted octanol–water partition coefficient (Wildman–Crippen LogP) is 3.53. The molecule has 1 saturated heterocycles. The number of hydrogen-bond acceptors (Lipinski definition) is 5. The fourth-order valence-corrected chi connectivity index (χ4v) is 4.70. The van der Waals surface area contributed by atoms with Crippen molar-refractivity contribution in [2.45, 2.75) is 38.0 Å². The van der Waals surface area contributed by atoms with Crippen LogP contribution in [0, 0.1) is 5.82 Å². The van der Waals surface area contributed by atoms with E-state index < -0.39 is 29.3 Å². The molecule has 1 fully saturated rings. The van der Waals surface area contributed by atoms with Crippen LogP contribution in [-0.2, 0) is 20.7 Å². The minimum Gasteiger partial charge on any atom is -0.445 e. The number of carbonyl (C=O) groups excluding carboxylic acids is 2. The summed E-state index contributed by atoms with van der Waals surface area (Å²) in [7, 11) is 0. The fourth-order valence-electron chi connectivity index (χ4n) is 4.41. The van der Waals surface area contributed by atoms with Gasteiger partial charge in [0.1, 0.15) is 5.82 Å². The Kier molecular flexibility index (Phi) is 6.51. The van der Waals surface area contributed by atoms with Crippen molar-refractivity contribution in [2.75, 3.05) is 26.2 Å². The number of hydrogen-bond donors (Lipinski definition) is 1. The van der Waals surface area contributed by atoms with Crippen LogP contribution in [0.25, 0.3) is 0 Å². The summed E-state index contributed by atoms with van der Waals surface area (Å²) in [5.41, 5.74) is 0.209. The number of carbonyl (C=O) groups is 2. The minimum absolute atomic E-state index is 0.0270. The van der Waals surface area contributed by atoms with Gasteiger partial charge in [-0.1, -0.05) is 35.9 Å². The number of cyclic esters (lactones) is 1. The molecule has 0 aromatic heterocycles. The number of fused-ring (bicyclic) bond motifs is 1. The van der Waals surface area contributed by atoms with Gasteiger partial charge in [-0.3, -0.25) is 9.69 Å². The molecular formula is C24H26ClFN2O4. The lowest BCUT2D eigenvalue weighted by Crippen LogP contribution is -2.54. The highest BCUT2D eigenvalue weighted by molar-refractivity contribution is 6.31. The lowest BCUT2D eigenvalue weighted by atomic mass is 9.89. The number of nitrogens with one attached hydrogen (secondary N) is 1. The normalized spacial score (nSPS) is 24.4. The Bertz CT molecular complexity index is 1010. The van der Waals surface area contributed by atoms with Crippen molar-refractivity contribution in [3.8, 4) is 0 Å². The van der Waals surface area contributed by atoms with E-state index in [1.165, 1.54) is 6.07 Å². The molecule has 0 radical (unpaired) electrons. The number of esters is 1. The molecule has 3 unspecified atom stereocenters. The highest BCUT2D eigenvalue weighted by Crippen LogP contribution is 2.32. The molecule has 4 rings (SSSR count). The third kappa shape index (κ3) is 4.51. The van der Waals surface area contributed by atoms with Gasteiger partial charge in [0.05, 0.1) is 24.3 Å². The van der Waals surface area contributed by atoms with Gasteiger partial charge in [-0.15, -0.1) is 0 Å². The van der Waals surface area contributed by atoms with E-state index in [4.69, 9.17) is 21.1 Å². The molecule has 0 saturated carbocycles. The lowest BCUT2D eigenvalue weighted by Gasteiger charge is -2.39. The van der Waals surface area contributed by atoms with E-state index in [0.29, 0.717) is 35.8 Å². The molecule has 170 valence electrons. The Balaban J connectivity index is 1.55. The first kappa shape index (κ1) is 22.7. The molecule has 3 atom stereocenters. The van der Waals surface area contributed by atoms with Crippen LogP contribution in [0.2, 0.25) is 5.02 Å². The van der Waals surface area contributed by atoms with Gasteiger partial charge in [-0.05, 0) is 37.6 Å². The van der Waals surface area contributed by atoms with Crippen molar-refractivity contribution in [3.05, 3.63) is 70.0 Å².